The quantitative estimate of drug-likeness (QED) is 0.500. The van der Waals surface area contributed by atoms with Crippen LogP contribution in [0.4, 0.5) is 21.1 Å². The lowest BCUT2D eigenvalue weighted by Gasteiger charge is -2.37. The monoisotopic (exact) mass is 532 g/mol. The molecule has 12 heteroatoms. The van der Waals surface area contributed by atoms with Gasteiger partial charge in [-0.2, -0.15) is 0 Å². The number of carbonyl (C=O) groups is 2. The number of rotatable bonds is 8. The molecule has 0 spiro atoms. The zero-order valence-electron chi connectivity index (χ0n) is 21.9. The van der Waals surface area contributed by atoms with Crippen molar-refractivity contribution in [1.29, 1.82) is 0 Å². The van der Waals surface area contributed by atoms with E-state index in [1.807, 2.05) is 19.9 Å². The van der Waals surface area contributed by atoms with Gasteiger partial charge in [0.05, 0.1) is 17.0 Å². The van der Waals surface area contributed by atoms with Crippen LogP contribution in [0.5, 0.6) is 0 Å². The summed E-state index contributed by atoms with van der Waals surface area (Å²) < 4.78 is 34.5. The van der Waals surface area contributed by atoms with E-state index in [0.29, 0.717) is 38.3 Å². The highest BCUT2D eigenvalue weighted by Crippen LogP contribution is 2.37. The molecule has 1 aliphatic carbocycles. The van der Waals surface area contributed by atoms with Crippen LogP contribution in [0.3, 0.4) is 0 Å². The number of fused-ring (bicyclic) bond motifs is 1. The second-order valence-corrected chi connectivity index (χ2v) is 11.8. The maximum atomic E-state index is 13.3. The van der Waals surface area contributed by atoms with Crippen LogP contribution >= 0.6 is 0 Å². The largest absolute Gasteiger partial charge is 0.449 e. The van der Waals surface area contributed by atoms with Crippen molar-refractivity contribution in [3.05, 3.63) is 24.3 Å². The molecule has 1 saturated heterocycles. The number of nitrogens with zero attached hydrogens (tertiary/aromatic N) is 4. The van der Waals surface area contributed by atoms with E-state index in [9.17, 15) is 18.0 Å². The highest BCUT2D eigenvalue weighted by Gasteiger charge is 2.41. The zero-order valence-corrected chi connectivity index (χ0v) is 22.7. The molecule has 11 nitrogen and oxygen atoms in total. The first-order valence-corrected chi connectivity index (χ1v) is 14.1. The summed E-state index contributed by atoms with van der Waals surface area (Å²) in [4.78, 5) is 34.6. The average Bonchev–Trinajstić information content (AvgIpc) is 3.58. The maximum Gasteiger partial charge on any atom is 0.412 e. The third-order valence-electron chi connectivity index (χ3n) is 6.68. The zero-order chi connectivity index (χ0) is 26.8. The molecule has 37 heavy (non-hydrogen) atoms. The van der Waals surface area contributed by atoms with Crippen molar-refractivity contribution in [2.45, 2.75) is 50.0 Å². The standard InChI is InChI=1S/C25H36N6O5S/c1-5-6-15-36-23(32)27-22-8-7-19-20(26-22)16-18(37(34,35)28-25(2)9-10-25)17-21(19)30-11-13-31(14-12-30)24(33)29(3)4/h7-8,16-17,28H,5-6,9-15H2,1-4H3,(H,26,27,32). The van der Waals surface area contributed by atoms with Gasteiger partial charge in [0, 0.05) is 56.9 Å². The second kappa shape index (κ2) is 10.7. The smallest absolute Gasteiger partial charge is 0.412 e. The van der Waals surface area contributed by atoms with Crippen molar-refractivity contribution in [1.82, 2.24) is 19.5 Å². The van der Waals surface area contributed by atoms with E-state index in [-0.39, 0.29) is 16.7 Å². The maximum absolute atomic E-state index is 13.3. The number of anilines is 2. The molecule has 1 aromatic heterocycles. The molecule has 4 rings (SSSR count). The van der Waals surface area contributed by atoms with Gasteiger partial charge >= 0.3 is 12.1 Å². The molecule has 0 atom stereocenters. The molecule has 1 aliphatic heterocycles. The summed E-state index contributed by atoms with van der Waals surface area (Å²) in [5.41, 5.74) is 0.739. The van der Waals surface area contributed by atoms with Gasteiger partial charge in [0.15, 0.2) is 0 Å². The number of urea groups is 1. The SMILES string of the molecule is CCCCOC(=O)Nc1ccc2c(N3CCN(C(=O)N(C)C)CC3)cc(S(=O)(=O)NC3(C)CC3)cc2n1. The molecular formula is C25H36N6O5S. The van der Waals surface area contributed by atoms with Gasteiger partial charge < -0.3 is 19.4 Å². The van der Waals surface area contributed by atoms with E-state index in [0.717, 1.165) is 36.8 Å². The minimum Gasteiger partial charge on any atom is -0.449 e. The predicted molar refractivity (Wildman–Crippen MR) is 142 cm³/mol. The van der Waals surface area contributed by atoms with Crippen LogP contribution < -0.4 is 14.9 Å². The van der Waals surface area contributed by atoms with Gasteiger partial charge in [-0.25, -0.2) is 27.7 Å². The van der Waals surface area contributed by atoms with Gasteiger partial charge in [0.1, 0.15) is 5.82 Å². The Morgan fingerprint density at radius 1 is 1.14 bits per heavy atom. The van der Waals surface area contributed by atoms with Crippen molar-refractivity contribution in [2.24, 2.45) is 0 Å². The Labute approximate surface area is 218 Å². The lowest BCUT2D eigenvalue weighted by Crippen LogP contribution is -2.51. The van der Waals surface area contributed by atoms with E-state index >= 15 is 0 Å². The summed E-state index contributed by atoms with van der Waals surface area (Å²) in [5, 5.41) is 3.39. The average molecular weight is 533 g/mol. The minimum absolute atomic E-state index is 0.0501. The van der Waals surface area contributed by atoms with Crippen molar-refractivity contribution in [2.75, 3.05) is 57.1 Å². The van der Waals surface area contributed by atoms with Crippen LogP contribution in [0, 0.1) is 0 Å². The van der Waals surface area contributed by atoms with Gasteiger partial charge in [0.25, 0.3) is 0 Å². The Balaban J connectivity index is 1.65. The summed E-state index contributed by atoms with van der Waals surface area (Å²) in [7, 11) is -0.348. The van der Waals surface area contributed by atoms with Crippen molar-refractivity contribution in [3.8, 4) is 0 Å². The molecule has 0 radical (unpaired) electrons. The number of sulfonamides is 1. The first-order chi connectivity index (χ1) is 17.5. The lowest BCUT2D eigenvalue weighted by molar-refractivity contribution is 0.159. The molecule has 202 valence electrons. The van der Waals surface area contributed by atoms with Crippen LogP contribution in [0.1, 0.15) is 39.5 Å². The topological polar surface area (TPSA) is 124 Å². The number of carbonyl (C=O) groups excluding carboxylic acids is 2. The molecule has 2 N–H and O–H groups in total. The molecule has 2 aromatic rings. The number of pyridine rings is 1. The van der Waals surface area contributed by atoms with E-state index in [4.69, 9.17) is 4.74 Å². The second-order valence-electron chi connectivity index (χ2n) is 10.1. The summed E-state index contributed by atoms with van der Waals surface area (Å²) in [6, 6.07) is 6.66. The van der Waals surface area contributed by atoms with E-state index in [2.05, 4.69) is 19.9 Å². The van der Waals surface area contributed by atoms with Gasteiger partial charge in [-0.1, -0.05) is 13.3 Å². The summed E-state index contributed by atoms with van der Waals surface area (Å²) in [6.45, 7) is 6.34. The summed E-state index contributed by atoms with van der Waals surface area (Å²) in [5.74, 6) is 0.276. The van der Waals surface area contributed by atoms with Crippen LogP contribution in [0.25, 0.3) is 10.9 Å². The van der Waals surface area contributed by atoms with Crippen molar-refractivity contribution in [3.63, 3.8) is 0 Å². The fourth-order valence-corrected chi connectivity index (χ4v) is 5.73. The van der Waals surface area contributed by atoms with Gasteiger partial charge in [-0.15, -0.1) is 0 Å². The Kier molecular flexibility index (Phi) is 7.79. The number of nitrogens with one attached hydrogen (secondary N) is 2. The Morgan fingerprint density at radius 3 is 2.46 bits per heavy atom. The first-order valence-electron chi connectivity index (χ1n) is 12.6. The molecule has 1 aromatic carbocycles. The van der Waals surface area contributed by atoms with E-state index < -0.39 is 21.7 Å². The highest BCUT2D eigenvalue weighted by molar-refractivity contribution is 7.89. The molecule has 1 saturated carbocycles. The van der Waals surface area contributed by atoms with Crippen LogP contribution in [0.15, 0.2) is 29.2 Å². The molecule has 0 bridgehead atoms. The number of hydrogen-bond acceptors (Lipinski definition) is 7. The van der Waals surface area contributed by atoms with Crippen LogP contribution in [-0.4, -0.2) is 87.7 Å². The van der Waals surface area contributed by atoms with Crippen molar-refractivity contribution < 1.29 is 22.7 Å². The molecule has 2 aliphatic rings. The first kappa shape index (κ1) is 26.9. The lowest BCUT2D eigenvalue weighted by atomic mass is 10.1. The van der Waals surface area contributed by atoms with E-state index in [1.54, 1.807) is 36.0 Å². The number of piperazine rings is 1. The molecule has 0 unspecified atom stereocenters. The van der Waals surface area contributed by atoms with Gasteiger partial charge in [0.2, 0.25) is 10.0 Å². The van der Waals surface area contributed by atoms with Gasteiger partial charge in [-0.3, -0.25) is 5.32 Å². The van der Waals surface area contributed by atoms with Crippen molar-refractivity contribution >= 4 is 44.6 Å². The number of benzene rings is 1. The minimum atomic E-state index is -3.79. The fraction of sp³-hybridized carbons (Fsp3) is 0.560. The molecule has 2 heterocycles. The molecule has 2 fully saturated rings. The predicted octanol–water partition coefficient (Wildman–Crippen LogP) is 3.22. The highest BCUT2D eigenvalue weighted by atomic mass is 32.2. The number of amides is 3. The Bertz CT molecular complexity index is 1270. The van der Waals surface area contributed by atoms with Crippen LogP contribution in [-0.2, 0) is 14.8 Å². The summed E-state index contributed by atoms with van der Waals surface area (Å²) >= 11 is 0. The Hall–Kier alpha value is -3.12. The third-order valence-corrected chi connectivity index (χ3v) is 8.30. The van der Waals surface area contributed by atoms with E-state index in [1.165, 1.54) is 6.07 Å². The number of ether oxygens (including phenoxy) is 1. The number of hydrogen-bond donors (Lipinski definition) is 2. The molecular weight excluding hydrogens is 496 g/mol. The third kappa shape index (κ3) is 6.42. The fourth-order valence-electron chi connectivity index (χ4n) is 4.22. The molecule has 3 amide bonds. The number of aromatic nitrogens is 1. The normalized spacial score (nSPS) is 17.0. The van der Waals surface area contributed by atoms with Gasteiger partial charge in [-0.05, 0) is 50.5 Å². The van der Waals surface area contributed by atoms with Crippen LogP contribution in [0.2, 0.25) is 0 Å². The Morgan fingerprint density at radius 2 is 1.84 bits per heavy atom. The number of unbranched alkanes of at least 4 members (excludes halogenated alkanes) is 1. The summed E-state index contributed by atoms with van der Waals surface area (Å²) in [6.07, 6.45) is 2.66.